The molecular weight excluding hydrogens is 386 g/mol. The summed E-state index contributed by atoms with van der Waals surface area (Å²) in [5.74, 6) is -0.0673. The lowest BCUT2D eigenvalue weighted by atomic mass is 10.0. The molecule has 0 heterocycles. The van der Waals surface area contributed by atoms with E-state index in [0.717, 1.165) is 25.7 Å². The first-order valence-electron chi connectivity index (χ1n) is 13.7. The molecule has 0 aromatic carbocycles. The highest BCUT2D eigenvalue weighted by molar-refractivity contribution is 5.76. The first kappa shape index (κ1) is 30.4. The van der Waals surface area contributed by atoms with Gasteiger partial charge in [0.1, 0.15) is 0 Å². The number of rotatable bonds is 24. The average molecular weight is 442 g/mol. The molecule has 0 aliphatic rings. The maximum Gasteiger partial charge on any atom is 0.220 e. The predicted octanol–water partition coefficient (Wildman–Crippen LogP) is 7.06. The molecule has 0 saturated heterocycles. The molecule has 0 aliphatic heterocycles. The molecule has 4 nitrogen and oxygen atoms in total. The van der Waals surface area contributed by atoms with Gasteiger partial charge in [-0.05, 0) is 12.8 Å². The SMILES string of the molecule is CCCCCCCCCCCCCCCCCCCC(O)C(CO)NC(=O)CCCC. The van der Waals surface area contributed by atoms with Gasteiger partial charge in [0.15, 0.2) is 0 Å². The smallest absolute Gasteiger partial charge is 0.220 e. The van der Waals surface area contributed by atoms with Gasteiger partial charge < -0.3 is 15.5 Å². The molecule has 0 bridgehead atoms. The van der Waals surface area contributed by atoms with Crippen molar-refractivity contribution < 1.29 is 15.0 Å². The van der Waals surface area contributed by atoms with Crippen LogP contribution in [0.15, 0.2) is 0 Å². The van der Waals surface area contributed by atoms with Crippen molar-refractivity contribution in [1.29, 1.82) is 0 Å². The zero-order chi connectivity index (χ0) is 23.0. The summed E-state index contributed by atoms with van der Waals surface area (Å²) < 4.78 is 0. The van der Waals surface area contributed by atoms with Crippen LogP contribution in [0.25, 0.3) is 0 Å². The molecule has 2 atom stereocenters. The lowest BCUT2D eigenvalue weighted by Crippen LogP contribution is -2.45. The van der Waals surface area contributed by atoms with E-state index >= 15 is 0 Å². The van der Waals surface area contributed by atoms with E-state index in [1.807, 2.05) is 6.92 Å². The van der Waals surface area contributed by atoms with E-state index in [4.69, 9.17) is 0 Å². The van der Waals surface area contributed by atoms with Gasteiger partial charge in [-0.1, -0.05) is 129 Å². The number of nitrogens with one attached hydrogen (secondary N) is 1. The monoisotopic (exact) mass is 441 g/mol. The van der Waals surface area contributed by atoms with Gasteiger partial charge in [-0.3, -0.25) is 4.79 Å². The normalized spacial score (nSPS) is 13.3. The predicted molar refractivity (Wildman–Crippen MR) is 133 cm³/mol. The van der Waals surface area contributed by atoms with Crippen LogP contribution in [0, 0.1) is 0 Å². The Morgan fingerprint density at radius 3 is 1.42 bits per heavy atom. The standard InChI is InChI=1S/C27H55NO3/c1-3-5-7-8-9-10-11-12-13-14-15-16-17-18-19-20-21-22-26(30)25(24-29)28-27(31)23-6-4-2/h25-26,29-30H,3-24H2,1-2H3,(H,28,31). The number of unbranched alkanes of at least 4 members (excludes halogenated alkanes) is 17. The Balaban J connectivity index is 3.40. The first-order chi connectivity index (χ1) is 15.2. The first-order valence-corrected chi connectivity index (χ1v) is 13.7. The average Bonchev–Trinajstić information content (AvgIpc) is 2.77. The van der Waals surface area contributed by atoms with Gasteiger partial charge in [-0.25, -0.2) is 0 Å². The number of aliphatic hydroxyl groups excluding tert-OH is 2. The molecule has 0 spiro atoms. The summed E-state index contributed by atoms with van der Waals surface area (Å²) in [5.41, 5.74) is 0. The molecule has 4 heteroatoms. The Kier molecular flexibility index (Phi) is 23.6. The van der Waals surface area contributed by atoms with Gasteiger partial charge in [0.2, 0.25) is 5.91 Å². The summed E-state index contributed by atoms with van der Waals surface area (Å²) in [6.07, 6.45) is 25.1. The second-order valence-corrected chi connectivity index (χ2v) is 9.47. The summed E-state index contributed by atoms with van der Waals surface area (Å²) in [4.78, 5) is 11.8. The fraction of sp³-hybridized carbons (Fsp3) is 0.963. The van der Waals surface area contributed by atoms with Crippen molar-refractivity contribution in [2.45, 2.75) is 161 Å². The molecule has 0 fully saturated rings. The van der Waals surface area contributed by atoms with Gasteiger partial charge in [0.05, 0.1) is 18.8 Å². The summed E-state index contributed by atoms with van der Waals surface area (Å²) in [7, 11) is 0. The number of hydrogen-bond acceptors (Lipinski definition) is 3. The van der Waals surface area contributed by atoms with E-state index in [0.29, 0.717) is 12.8 Å². The molecule has 0 rings (SSSR count). The second-order valence-electron chi connectivity index (χ2n) is 9.47. The minimum Gasteiger partial charge on any atom is -0.394 e. The van der Waals surface area contributed by atoms with Gasteiger partial charge in [0.25, 0.3) is 0 Å². The van der Waals surface area contributed by atoms with E-state index < -0.39 is 12.1 Å². The van der Waals surface area contributed by atoms with Crippen LogP contribution in [-0.4, -0.2) is 34.9 Å². The summed E-state index contributed by atoms with van der Waals surface area (Å²) in [5, 5.41) is 22.4. The summed E-state index contributed by atoms with van der Waals surface area (Å²) >= 11 is 0. The van der Waals surface area contributed by atoms with Crippen molar-refractivity contribution in [3.05, 3.63) is 0 Å². The van der Waals surface area contributed by atoms with Crippen LogP contribution in [0.5, 0.6) is 0 Å². The van der Waals surface area contributed by atoms with E-state index in [1.165, 1.54) is 96.3 Å². The highest BCUT2D eigenvalue weighted by atomic mass is 16.3. The highest BCUT2D eigenvalue weighted by Gasteiger charge is 2.19. The van der Waals surface area contributed by atoms with E-state index in [1.54, 1.807) is 0 Å². The molecule has 186 valence electrons. The Bertz CT molecular complexity index is 375. The van der Waals surface area contributed by atoms with E-state index in [-0.39, 0.29) is 12.5 Å². The molecule has 2 unspecified atom stereocenters. The molecule has 0 aliphatic carbocycles. The third-order valence-corrected chi connectivity index (χ3v) is 6.37. The highest BCUT2D eigenvalue weighted by Crippen LogP contribution is 2.15. The van der Waals surface area contributed by atoms with Crippen LogP contribution in [-0.2, 0) is 4.79 Å². The number of amides is 1. The molecular formula is C27H55NO3. The molecule has 1 amide bonds. The van der Waals surface area contributed by atoms with E-state index in [2.05, 4.69) is 12.2 Å². The van der Waals surface area contributed by atoms with Crippen molar-refractivity contribution in [1.82, 2.24) is 5.32 Å². The molecule has 0 aromatic heterocycles. The second kappa shape index (κ2) is 24.0. The zero-order valence-corrected chi connectivity index (χ0v) is 21.0. The maximum atomic E-state index is 11.8. The van der Waals surface area contributed by atoms with Crippen molar-refractivity contribution in [2.24, 2.45) is 0 Å². The fourth-order valence-electron chi connectivity index (χ4n) is 4.16. The minimum atomic E-state index is -0.646. The third kappa shape index (κ3) is 21.0. The number of hydrogen-bond donors (Lipinski definition) is 3. The van der Waals surface area contributed by atoms with Gasteiger partial charge in [-0.15, -0.1) is 0 Å². The van der Waals surface area contributed by atoms with Crippen LogP contribution in [0.3, 0.4) is 0 Å². The minimum absolute atomic E-state index is 0.0673. The molecule has 0 radical (unpaired) electrons. The maximum absolute atomic E-state index is 11.8. The van der Waals surface area contributed by atoms with Gasteiger partial charge in [0, 0.05) is 6.42 Å². The van der Waals surface area contributed by atoms with Crippen LogP contribution >= 0.6 is 0 Å². The Labute approximate surface area is 194 Å². The van der Waals surface area contributed by atoms with Crippen LogP contribution < -0.4 is 5.32 Å². The third-order valence-electron chi connectivity index (χ3n) is 6.37. The Hall–Kier alpha value is -0.610. The van der Waals surface area contributed by atoms with Crippen molar-refractivity contribution in [2.75, 3.05) is 6.61 Å². The quantitative estimate of drug-likeness (QED) is 0.140. The summed E-state index contributed by atoms with van der Waals surface area (Å²) in [6, 6.07) is -0.523. The zero-order valence-electron chi connectivity index (χ0n) is 21.0. The fourth-order valence-corrected chi connectivity index (χ4v) is 4.16. The number of carbonyl (C=O) groups excluding carboxylic acids is 1. The lowest BCUT2D eigenvalue weighted by molar-refractivity contribution is -0.123. The van der Waals surface area contributed by atoms with Crippen LogP contribution in [0.1, 0.15) is 149 Å². The lowest BCUT2D eigenvalue weighted by Gasteiger charge is -2.22. The molecule has 0 aromatic rings. The molecule has 0 saturated carbocycles. The van der Waals surface area contributed by atoms with Gasteiger partial charge >= 0.3 is 0 Å². The number of aliphatic hydroxyl groups is 2. The van der Waals surface area contributed by atoms with Crippen molar-refractivity contribution in [3.63, 3.8) is 0 Å². The summed E-state index contributed by atoms with van der Waals surface area (Å²) in [6.45, 7) is 4.13. The topological polar surface area (TPSA) is 69.6 Å². The van der Waals surface area contributed by atoms with E-state index in [9.17, 15) is 15.0 Å². The van der Waals surface area contributed by atoms with Crippen molar-refractivity contribution in [3.8, 4) is 0 Å². The van der Waals surface area contributed by atoms with Crippen molar-refractivity contribution >= 4 is 5.91 Å². The largest absolute Gasteiger partial charge is 0.394 e. The van der Waals surface area contributed by atoms with Gasteiger partial charge in [-0.2, -0.15) is 0 Å². The molecule has 3 N–H and O–H groups in total. The van der Waals surface area contributed by atoms with Crippen LogP contribution in [0.4, 0.5) is 0 Å². The number of carbonyl (C=O) groups is 1. The Morgan fingerprint density at radius 2 is 1.03 bits per heavy atom. The molecule has 31 heavy (non-hydrogen) atoms. The van der Waals surface area contributed by atoms with Crippen LogP contribution in [0.2, 0.25) is 0 Å². The Morgan fingerprint density at radius 1 is 0.645 bits per heavy atom.